The highest BCUT2D eigenvalue weighted by Gasteiger charge is 2.20. The number of benzene rings is 2. The third kappa shape index (κ3) is 3.66. The van der Waals surface area contributed by atoms with Crippen LogP contribution < -0.4 is 4.74 Å². The van der Waals surface area contributed by atoms with Crippen molar-refractivity contribution < 1.29 is 22.3 Å². The quantitative estimate of drug-likeness (QED) is 0.629. The number of rotatable bonds is 5. The number of carbonyl (C=O) groups is 1. The van der Waals surface area contributed by atoms with Gasteiger partial charge >= 0.3 is 0 Å². The number of ether oxygens (including phenoxy) is 1. The van der Waals surface area contributed by atoms with E-state index in [4.69, 9.17) is 4.74 Å². The number of Topliss-reactive ketones (excluding diaryl/α,β-unsaturated/α-hetero) is 1. The highest BCUT2D eigenvalue weighted by atomic mass is 32.2. The molecular weight excluding hydrogens is 295 g/mol. The second-order valence-electron chi connectivity index (χ2n) is 4.37. The minimum Gasteiger partial charge on any atom is -0.497 e. The zero-order chi connectivity index (χ0) is 15.5. The highest BCUT2D eigenvalue weighted by molar-refractivity contribution is 7.92. The van der Waals surface area contributed by atoms with Crippen molar-refractivity contribution in [3.05, 3.63) is 59.9 Å². The van der Waals surface area contributed by atoms with E-state index in [-0.39, 0.29) is 10.5 Å². The summed E-state index contributed by atoms with van der Waals surface area (Å²) < 4.78 is 42.0. The van der Waals surface area contributed by atoms with E-state index in [1.54, 1.807) is 12.1 Å². The molecule has 6 heteroatoms. The van der Waals surface area contributed by atoms with Gasteiger partial charge in [0.2, 0.25) is 0 Å². The molecule has 2 rings (SSSR count). The summed E-state index contributed by atoms with van der Waals surface area (Å²) in [7, 11) is -2.34. The fourth-order valence-corrected chi connectivity index (χ4v) is 3.01. The van der Waals surface area contributed by atoms with Crippen molar-refractivity contribution in [1.82, 2.24) is 0 Å². The van der Waals surface area contributed by atoms with Gasteiger partial charge in [-0.1, -0.05) is 12.1 Å². The number of hydrogen-bond acceptors (Lipinski definition) is 4. The van der Waals surface area contributed by atoms with Crippen LogP contribution in [0.2, 0.25) is 0 Å². The van der Waals surface area contributed by atoms with Crippen LogP contribution >= 0.6 is 0 Å². The van der Waals surface area contributed by atoms with Gasteiger partial charge in [0.25, 0.3) is 0 Å². The Morgan fingerprint density at radius 2 is 1.81 bits per heavy atom. The van der Waals surface area contributed by atoms with E-state index in [1.165, 1.54) is 19.2 Å². The van der Waals surface area contributed by atoms with Crippen LogP contribution in [0, 0.1) is 5.82 Å². The Bertz CT molecular complexity index is 751. The molecule has 0 fully saturated rings. The van der Waals surface area contributed by atoms with Gasteiger partial charge < -0.3 is 4.74 Å². The van der Waals surface area contributed by atoms with Gasteiger partial charge in [-0.05, 0) is 36.4 Å². The number of carbonyl (C=O) groups excluding carboxylic acids is 1. The SMILES string of the molecule is COc1cccc(C(=O)CS(=O)(=O)c2ccc(F)cc2)c1. The van der Waals surface area contributed by atoms with Crippen molar-refractivity contribution in [3.8, 4) is 5.75 Å². The third-order valence-corrected chi connectivity index (χ3v) is 4.52. The van der Waals surface area contributed by atoms with Crippen molar-refractivity contribution in [2.75, 3.05) is 12.9 Å². The van der Waals surface area contributed by atoms with Crippen molar-refractivity contribution in [1.29, 1.82) is 0 Å². The number of sulfone groups is 1. The van der Waals surface area contributed by atoms with E-state index in [0.29, 0.717) is 5.75 Å². The van der Waals surface area contributed by atoms with Gasteiger partial charge in [0.05, 0.1) is 12.0 Å². The molecule has 2 aromatic rings. The van der Waals surface area contributed by atoms with Crippen molar-refractivity contribution in [2.45, 2.75) is 4.90 Å². The van der Waals surface area contributed by atoms with E-state index >= 15 is 0 Å². The first-order valence-corrected chi connectivity index (χ1v) is 7.73. The van der Waals surface area contributed by atoms with Crippen LogP contribution in [0.1, 0.15) is 10.4 Å². The first-order valence-electron chi connectivity index (χ1n) is 6.08. The molecule has 0 aliphatic rings. The maximum Gasteiger partial charge on any atom is 0.185 e. The molecule has 0 saturated heterocycles. The van der Waals surface area contributed by atoms with Crippen LogP contribution in [-0.4, -0.2) is 27.1 Å². The van der Waals surface area contributed by atoms with E-state index in [9.17, 15) is 17.6 Å². The molecule has 0 bridgehead atoms. The van der Waals surface area contributed by atoms with Crippen molar-refractivity contribution >= 4 is 15.6 Å². The molecule has 4 nitrogen and oxygen atoms in total. The molecule has 0 amide bonds. The molecule has 0 unspecified atom stereocenters. The molecule has 110 valence electrons. The predicted octanol–water partition coefficient (Wildman–Crippen LogP) is 2.49. The van der Waals surface area contributed by atoms with Gasteiger partial charge in [-0.2, -0.15) is 0 Å². The van der Waals surface area contributed by atoms with Crippen LogP contribution in [0.5, 0.6) is 5.75 Å². The standard InChI is InChI=1S/C15H13FO4S/c1-20-13-4-2-3-11(9-13)15(17)10-21(18,19)14-7-5-12(16)6-8-14/h2-9H,10H2,1H3. The fraction of sp³-hybridized carbons (Fsp3) is 0.133. The maximum atomic E-state index is 12.8. The topological polar surface area (TPSA) is 60.4 Å². The lowest BCUT2D eigenvalue weighted by molar-refractivity contribution is 0.102. The molecule has 0 radical (unpaired) electrons. The second kappa shape index (κ2) is 6.05. The summed E-state index contributed by atoms with van der Waals surface area (Å²) in [5.74, 6) is -1.28. The Morgan fingerprint density at radius 1 is 1.14 bits per heavy atom. The van der Waals surface area contributed by atoms with Gasteiger partial charge in [0.15, 0.2) is 15.6 Å². The number of halogens is 1. The van der Waals surface area contributed by atoms with Crippen LogP contribution in [0.25, 0.3) is 0 Å². The van der Waals surface area contributed by atoms with Gasteiger partial charge in [-0.25, -0.2) is 12.8 Å². The summed E-state index contributed by atoms with van der Waals surface area (Å²) in [5.41, 5.74) is 0.250. The summed E-state index contributed by atoms with van der Waals surface area (Å²) in [5, 5.41) is 0. The summed E-state index contributed by atoms with van der Waals surface area (Å²) in [6.45, 7) is 0. The van der Waals surface area contributed by atoms with Crippen LogP contribution in [0.4, 0.5) is 4.39 Å². The maximum absolute atomic E-state index is 12.8. The Balaban J connectivity index is 2.23. The smallest absolute Gasteiger partial charge is 0.185 e. The molecule has 0 heterocycles. The van der Waals surface area contributed by atoms with Gasteiger partial charge in [0.1, 0.15) is 17.3 Å². The molecule has 0 aliphatic heterocycles. The summed E-state index contributed by atoms with van der Waals surface area (Å²) in [6, 6.07) is 10.6. The minimum atomic E-state index is -3.80. The molecule has 0 N–H and O–H groups in total. The van der Waals surface area contributed by atoms with E-state index in [2.05, 4.69) is 0 Å². The lowest BCUT2D eigenvalue weighted by Gasteiger charge is -2.05. The summed E-state index contributed by atoms with van der Waals surface area (Å²) in [4.78, 5) is 12.0. The second-order valence-corrected chi connectivity index (χ2v) is 6.36. The zero-order valence-corrected chi connectivity index (χ0v) is 12.1. The molecule has 0 saturated carbocycles. The molecular formula is C15H13FO4S. The minimum absolute atomic E-state index is 0.0832. The van der Waals surface area contributed by atoms with E-state index in [0.717, 1.165) is 24.3 Å². The summed E-state index contributed by atoms with van der Waals surface area (Å²) >= 11 is 0. The Kier molecular flexibility index (Phi) is 4.37. The molecule has 21 heavy (non-hydrogen) atoms. The Morgan fingerprint density at radius 3 is 2.43 bits per heavy atom. The van der Waals surface area contributed by atoms with Gasteiger partial charge in [-0.15, -0.1) is 0 Å². The predicted molar refractivity (Wildman–Crippen MR) is 75.8 cm³/mol. The van der Waals surface area contributed by atoms with Gasteiger partial charge in [-0.3, -0.25) is 4.79 Å². The fourth-order valence-electron chi connectivity index (χ4n) is 1.78. The van der Waals surface area contributed by atoms with E-state index in [1.807, 2.05) is 0 Å². The molecule has 0 atom stereocenters. The molecule has 0 aliphatic carbocycles. The highest BCUT2D eigenvalue weighted by Crippen LogP contribution is 2.17. The molecule has 0 aromatic heterocycles. The zero-order valence-electron chi connectivity index (χ0n) is 11.2. The van der Waals surface area contributed by atoms with E-state index < -0.39 is 27.2 Å². The van der Waals surface area contributed by atoms with Crippen LogP contribution in [0.15, 0.2) is 53.4 Å². The summed E-state index contributed by atoms with van der Waals surface area (Å²) in [6.07, 6.45) is 0. The molecule has 0 spiro atoms. The number of methoxy groups -OCH3 is 1. The van der Waals surface area contributed by atoms with Gasteiger partial charge in [0, 0.05) is 5.56 Å². The van der Waals surface area contributed by atoms with Crippen LogP contribution in [0.3, 0.4) is 0 Å². The lowest BCUT2D eigenvalue weighted by Crippen LogP contribution is -2.16. The average molecular weight is 308 g/mol. The third-order valence-electron chi connectivity index (χ3n) is 2.89. The van der Waals surface area contributed by atoms with Crippen molar-refractivity contribution in [3.63, 3.8) is 0 Å². The first-order chi connectivity index (χ1) is 9.92. The number of ketones is 1. The molecule has 2 aromatic carbocycles. The normalized spacial score (nSPS) is 11.1. The van der Waals surface area contributed by atoms with Crippen molar-refractivity contribution in [2.24, 2.45) is 0 Å². The number of hydrogen-bond donors (Lipinski definition) is 0. The lowest BCUT2D eigenvalue weighted by atomic mass is 10.1. The first kappa shape index (κ1) is 15.2. The Hall–Kier alpha value is -2.21. The van der Waals surface area contributed by atoms with Crippen LogP contribution in [-0.2, 0) is 9.84 Å². The average Bonchev–Trinajstić information content (AvgIpc) is 2.47. The monoisotopic (exact) mass is 308 g/mol. The largest absolute Gasteiger partial charge is 0.497 e. The Labute approximate surface area is 122 Å².